The zero-order chi connectivity index (χ0) is 7.84. The third-order valence-corrected chi connectivity index (χ3v) is 2.42. The Morgan fingerprint density at radius 1 is 1.45 bits per heavy atom. The van der Waals surface area contributed by atoms with E-state index in [1.165, 1.54) is 0 Å². The summed E-state index contributed by atoms with van der Waals surface area (Å²) >= 11 is 0. The van der Waals surface area contributed by atoms with Crippen molar-refractivity contribution in [2.75, 3.05) is 20.3 Å². The van der Waals surface area contributed by atoms with Crippen LogP contribution in [0.4, 0.5) is 0 Å². The first-order valence-electron chi connectivity index (χ1n) is 3.90. The normalized spacial score (nSPS) is 45.8. The fourth-order valence-electron chi connectivity index (χ4n) is 1.78. The van der Waals surface area contributed by atoms with Gasteiger partial charge in [0, 0.05) is 26.3 Å². The van der Waals surface area contributed by atoms with Crippen molar-refractivity contribution in [2.45, 2.75) is 18.3 Å². The van der Waals surface area contributed by atoms with Crippen LogP contribution in [-0.2, 0) is 0 Å². The van der Waals surface area contributed by atoms with Gasteiger partial charge in [-0.1, -0.05) is 0 Å². The second-order valence-electron chi connectivity index (χ2n) is 3.10. The third kappa shape index (κ3) is 1.15. The largest absolute Gasteiger partial charge is 0.377 e. The molecule has 0 aromatic heterocycles. The summed E-state index contributed by atoms with van der Waals surface area (Å²) in [5.74, 6) is 0. The van der Waals surface area contributed by atoms with E-state index >= 15 is 0 Å². The van der Waals surface area contributed by atoms with Crippen LogP contribution in [0.25, 0.3) is 0 Å². The quantitative estimate of drug-likeness (QED) is 0.318. The first-order valence-corrected chi connectivity index (χ1v) is 3.90. The highest BCUT2D eigenvalue weighted by molar-refractivity contribution is 4.95. The molecule has 3 unspecified atom stereocenters. The molecule has 2 heterocycles. The van der Waals surface area contributed by atoms with Gasteiger partial charge in [-0.2, -0.15) is 0 Å². The van der Waals surface area contributed by atoms with Gasteiger partial charge in [-0.15, -0.1) is 0 Å². The van der Waals surface area contributed by atoms with E-state index in [1.807, 2.05) is 12.1 Å². The molecule has 0 amide bonds. The highest BCUT2D eigenvalue weighted by Gasteiger charge is 2.39. The van der Waals surface area contributed by atoms with Gasteiger partial charge in [0.05, 0.1) is 6.04 Å². The highest BCUT2D eigenvalue weighted by atomic mass is 16.3. The lowest BCUT2D eigenvalue weighted by Crippen LogP contribution is -2.62. The Morgan fingerprint density at radius 2 is 2.27 bits per heavy atom. The SMILES string of the molecule is CN1NCC2NCNC(O)C21. The monoisotopic (exact) mass is 158 g/mol. The molecule has 5 heteroatoms. The molecule has 0 radical (unpaired) electrons. The average Bonchev–Trinajstić information content (AvgIpc) is 2.34. The molecular weight excluding hydrogens is 144 g/mol. The molecule has 2 rings (SSSR count). The summed E-state index contributed by atoms with van der Waals surface area (Å²) in [6.07, 6.45) is -0.416. The zero-order valence-electron chi connectivity index (χ0n) is 6.54. The van der Waals surface area contributed by atoms with Gasteiger partial charge in [0.1, 0.15) is 6.23 Å². The van der Waals surface area contributed by atoms with Crippen molar-refractivity contribution in [3.05, 3.63) is 0 Å². The van der Waals surface area contributed by atoms with Crippen molar-refractivity contribution >= 4 is 0 Å². The summed E-state index contributed by atoms with van der Waals surface area (Å²) in [6.45, 7) is 1.60. The van der Waals surface area contributed by atoms with Crippen LogP contribution in [0.1, 0.15) is 0 Å². The second kappa shape index (κ2) is 2.69. The predicted octanol–water partition coefficient (Wildman–Crippen LogP) is -2.36. The molecule has 11 heavy (non-hydrogen) atoms. The van der Waals surface area contributed by atoms with Crippen molar-refractivity contribution in [1.82, 2.24) is 21.1 Å². The van der Waals surface area contributed by atoms with Gasteiger partial charge >= 0.3 is 0 Å². The Kier molecular flexibility index (Phi) is 1.82. The lowest BCUT2D eigenvalue weighted by molar-refractivity contribution is 0.0147. The van der Waals surface area contributed by atoms with Crippen molar-refractivity contribution in [3.63, 3.8) is 0 Å². The van der Waals surface area contributed by atoms with Crippen molar-refractivity contribution < 1.29 is 5.11 Å². The van der Waals surface area contributed by atoms with Crippen LogP contribution in [0.3, 0.4) is 0 Å². The minimum atomic E-state index is -0.416. The molecule has 0 aliphatic carbocycles. The number of fused-ring (bicyclic) bond motifs is 1. The van der Waals surface area contributed by atoms with Crippen LogP contribution in [0, 0.1) is 0 Å². The molecule has 2 aliphatic heterocycles. The van der Waals surface area contributed by atoms with Crippen molar-refractivity contribution in [3.8, 4) is 0 Å². The van der Waals surface area contributed by atoms with Crippen molar-refractivity contribution in [2.24, 2.45) is 0 Å². The Hall–Kier alpha value is -0.200. The number of hydrogen-bond acceptors (Lipinski definition) is 5. The smallest absolute Gasteiger partial charge is 0.124 e. The van der Waals surface area contributed by atoms with Crippen LogP contribution in [-0.4, -0.2) is 48.7 Å². The molecule has 2 aliphatic rings. The summed E-state index contributed by atoms with van der Waals surface area (Å²) in [5, 5.41) is 17.7. The number of rotatable bonds is 0. The molecule has 0 aromatic rings. The van der Waals surface area contributed by atoms with Crippen LogP contribution in [0.15, 0.2) is 0 Å². The zero-order valence-corrected chi connectivity index (χ0v) is 6.54. The molecule has 0 saturated carbocycles. The van der Waals surface area contributed by atoms with E-state index in [0.717, 1.165) is 6.54 Å². The number of hydrogen-bond donors (Lipinski definition) is 4. The molecule has 0 spiro atoms. The second-order valence-corrected chi connectivity index (χ2v) is 3.10. The van der Waals surface area contributed by atoms with Crippen LogP contribution in [0.2, 0.25) is 0 Å². The van der Waals surface area contributed by atoms with Crippen LogP contribution < -0.4 is 16.1 Å². The van der Waals surface area contributed by atoms with Crippen LogP contribution in [0.5, 0.6) is 0 Å². The Balaban J connectivity index is 2.08. The van der Waals surface area contributed by atoms with E-state index in [0.29, 0.717) is 12.7 Å². The van der Waals surface area contributed by atoms with E-state index in [2.05, 4.69) is 16.1 Å². The standard InChI is InChI=1S/C6H14N4O/c1-10-5-4(2-9-10)7-3-8-6(5)11/h4-9,11H,2-3H2,1H3. The summed E-state index contributed by atoms with van der Waals surface area (Å²) < 4.78 is 0. The minimum absolute atomic E-state index is 0.156. The number of likely N-dealkylation sites (N-methyl/N-ethyl adjacent to an activating group) is 1. The fraction of sp³-hybridized carbons (Fsp3) is 1.00. The van der Waals surface area contributed by atoms with Crippen LogP contribution >= 0.6 is 0 Å². The molecule has 2 fully saturated rings. The van der Waals surface area contributed by atoms with E-state index in [9.17, 15) is 5.11 Å². The molecule has 64 valence electrons. The summed E-state index contributed by atoms with van der Waals surface area (Å²) in [5.41, 5.74) is 3.16. The van der Waals surface area contributed by atoms with E-state index in [1.54, 1.807) is 0 Å². The molecular formula is C6H14N4O. The minimum Gasteiger partial charge on any atom is -0.377 e. The topological polar surface area (TPSA) is 59.6 Å². The highest BCUT2D eigenvalue weighted by Crippen LogP contribution is 2.12. The van der Waals surface area contributed by atoms with Gasteiger partial charge in [0.25, 0.3) is 0 Å². The van der Waals surface area contributed by atoms with Gasteiger partial charge in [0.2, 0.25) is 0 Å². The third-order valence-electron chi connectivity index (χ3n) is 2.42. The van der Waals surface area contributed by atoms with E-state index in [-0.39, 0.29) is 6.04 Å². The van der Waals surface area contributed by atoms with Gasteiger partial charge in [-0.25, -0.2) is 5.01 Å². The van der Waals surface area contributed by atoms with Gasteiger partial charge in [-0.05, 0) is 0 Å². The maximum atomic E-state index is 9.52. The molecule has 3 atom stereocenters. The summed E-state index contributed by atoms with van der Waals surface area (Å²) in [7, 11) is 1.95. The van der Waals surface area contributed by atoms with Crippen molar-refractivity contribution in [1.29, 1.82) is 0 Å². The van der Waals surface area contributed by atoms with Gasteiger partial charge in [-0.3, -0.25) is 16.1 Å². The Morgan fingerprint density at radius 3 is 3.00 bits per heavy atom. The van der Waals surface area contributed by atoms with E-state index < -0.39 is 6.23 Å². The number of hydrazine groups is 1. The number of nitrogens with zero attached hydrogens (tertiary/aromatic N) is 1. The summed E-state index contributed by atoms with van der Waals surface area (Å²) in [6, 6.07) is 0.528. The maximum absolute atomic E-state index is 9.52. The van der Waals surface area contributed by atoms with Gasteiger partial charge < -0.3 is 5.11 Å². The Labute approximate surface area is 65.7 Å². The first-order chi connectivity index (χ1) is 5.29. The predicted molar refractivity (Wildman–Crippen MR) is 40.5 cm³/mol. The first kappa shape index (κ1) is 7.45. The number of aliphatic hydroxyl groups excluding tert-OH is 1. The molecule has 4 N–H and O–H groups in total. The lowest BCUT2D eigenvalue weighted by Gasteiger charge is -2.34. The molecule has 0 aromatic carbocycles. The average molecular weight is 158 g/mol. The van der Waals surface area contributed by atoms with Gasteiger partial charge in [0.15, 0.2) is 0 Å². The van der Waals surface area contributed by atoms with E-state index in [4.69, 9.17) is 0 Å². The molecule has 2 saturated heterocycles. The molecule has 0 bridgehead atoms. The summed E-state index contributed by atoms with van der Waals surface area (Å²) in [4.78, 5) is 0. The number of nitrogens with one attached hydrogen (secondary N) is 3. The lowest BCUT2D eigenvalue weighted by atomic mass is 10.1. The Bertz CT molecular complexity index is 152. The maximum Gasteiger partial charge on any atom is 0.124 e. The molecule has 5 nitrogen and oxygen atoms in total. The number of aliphatic hydroxyl groups is 1. The fourth-order valence-corrected chi connectivity index (χ4v) is 1.78.